The molecule has 1 aromatic carbocycles. The Hall–Kier alpha value is -2.60. The molecule has 3 heterocycles. The number of methoxy groups -OCH3 is 1. The van der Waals surface area contributed by atoms with Crippen molar-refractivity contribution in [2.24, 2.45) is 7.05 Å². The van der Waals surface area contributed by atoms with Gasteiger partial charge in [0.25, 0.3) is 0 Å². The first-order valence-electron chi connectivity index (χ1n) is 8.93. The highest BCUT2D eigenvalue weighted by Crippen LogP contribution is 2.30. The molecule has 6 nitrogen and oxygen atoms in total. The lowest BCUT2D eigenvalue weighted by Crippen LogP contribution is -2.30. The Morgan fingerprint density at radius 2 is 2.22 bits per heavy atom. The van der Waals surface area contributed by atoms with E-state index in [0.29, 0.717) is 23.7 Å². The van der Waals surface area contributed by atoms with Gasteiger partial charge in [0.2, 0.25) is 5.91 Å². The van der Waals surface area contributed by atoms with Crippen molar-refractivity contribution in [3.63, 3.8) is 0 Å². The van der Waals surface area contributed by atoms with Crippen molar-refractivity contribution in [2.45, 2.75) is 18.8 Å². The Kier molecular flexibility index (Phi) is 4.74. The lowest BCUT2D eigenvalue weighted by atomic mass is 10.1. The van der Waals surface area contributed by atoms with Crippen LogP contribution in [-0.4, -0.2) is 45.5 Å². The van der Waals surface area contributed by atoms with E-state index < -0.39 is 0 Å². The summed E-state index contributed by atoms with van der Waals surface area (Å²) in [6.45, 7) is 1.43. The first-order chi connectivity index (χ1) is 13.1. The summed E-state index contributed by atoms with van der Waals surface area (Å²) < 4.78 is 7.25. The van der Waals surface area contributed by atoms with Gasteiger partial charge in [-0.2, -0.15) is 0 Å². The van der Waals surface area contributed by atoms with Gasteiger partial charge in [0.1, 0.15) is 11.6 Å². The number of likely N-dealkylation sites (tertiary alicyclic amines) is 1. The van der Waals surface area contributed by atoms with Crippen LogP contribution in [0, 0.1) is 0 Å². The van der Waals surface area contributed by atoms with Crippen molar-refractivity contribution in [1.82, 2.24) is 19.4 Å². The molecule has 4 rings (SSSR count). The van der Waals surface area contributed by atoms with E-state index in [-0.39, 0.29) is 11.8 Å². The number of rotatable bonds is 4. The van der Waals surface area contributed by atoms with Crippen LogP contribution in [0.4, 0.5) is 0 Å². The minimum atomic E-state index is 0.110. The number of hydrogen-bond acceptors (Lipinski definition) is 4. The molecule has 1 aliphatic rings. The molecule has 1 saturated heterocycles. The summed E-state index contributed by atoms with van der Waals surface area (Å²) in [4.78, 5) is 23.6. The quantitative estimate of drug-likeness (QED) is 0.693. The van der Waals surface area contributed by atoms with E-state index in [1.54, 1.807) is 25.4 Å². The van der Waals surface area contributed by atoms with Gasteiger partial charge >= 0.3 is 0 Å². The fourth-order valence-corrected chi connectivity index (χ4v) is 4.00. The average Bonchev–Trinajstić information content (AvgIpc) is 3.27. The van der Waals surface area contributed by atoms with E-state index in [0.717, 1.165) is 35.4 Å². The van der Waals surface area contributed by atoms with Crippen molar-refractivity contribution >= 4 is 28.5 Å². The van der Waals surface area contributed by atoms with E-state index in [4.69, 9.17) is 21.3 Å². The molecule has 0 bridgehead atoms. The van der Waals surface area contributed by atoms with E-state index in [1.807, 2.05) is 30.3 Å². The molecule has 1 atom stereocenters. The van der Waals surface area contributed by atoms with Crippen molar-refractivity contribution in [2.75, 3.05) is 20.2 Å². The number of carbonyl (C=O) groups is 1. The molecule has 27 heavy (non-hydrogen) atoms. The van der Waals surface area contributed by atoms with E-state index in [9.17, 15) is 4.79 Å². The number of hydrogen-bond donors (Lipinski definition) is 0. The Morgan fingerprint density at radius 3 is 2.96 bits per heavy atom. The van der Waals surface area contributed by atoms with Crippen molar-refractivity contribution in [3.8, 4) is 5.75 Å². The average molecular weight is 385 g/mol. The highest BCUT2D eigenvalue weighted by Gasteiger charge is 2.30. The van der Waals surface area contributed by atoms with Gasteiger partial charge in [-0.05, 0) is 30.2 Å². The van der Waals surface area contributed by atoms with Gasteiger partial charge in [0.05, 0.1) is 35.8 Å². The van der Waals surface area contributed by atoms with Crippen LogP contribution in [0.5, 0.6) is 5.75 Å². The summed E-state index contributed by atoms with van der Waals surface area (Å²) >= 11 is 6.17. The number of ether oxygens (including phenoxy) is 1. The van der Waals surface area contributed by atoms with Gasteiger partial charge in [0.15, 0.2) is 0 Å². The molecule has 1 fully saturated rings. The van der Waals surface area contributed by atoms with Crippen LogP contribution in [0.1, 0.15) is 23.7 Å². The number of aromatic nitrogens is 3. The zero-order valence-electron chi connectivity index (χ0n) is 15.4. The summed E-state index contributed by atoms with van der Waals surface area (Å²) in [7, 11) is 3.59. The van der Waals surface area contributed by atoms with Crippen molar-refractivity contribution in [1.29, 1.82) is 0 Å². The third-order valence-electron chi connectivity index (χ3n) is 5.20. The molecule has 0 N–H and O–H groups in total. The number of fused-ring (bicyclic) bond motifs is 1. The number of carbonyl (C=O) groups excluding carboxylic acids is 1. The summed E-state index contributed by atoms with van der Waals surface area (Å²) in [5.41, 5.74) is 2.85. The molecule has 0 spiro atoms. The standard InChI is InChI=1S/C20H21ClN4O2/c1-24-17-11-22-7-5-16(17)23-20(24)14-6-8-25(12-14)19(26)10-13-3-4-18(27-2)15(21)9-13/h3-5,7,9,11,14H,6,8,10,12H2,1-2H3/t14-/m1/s1. The summed E-state index contributed by atoms with van der Waals surface area (Å²) in [5, 5.41) is 0.524. The summed E-state index contributed by atoms with van der Waals surface area (Å²) in [6, 6.07) is 7.40. The predicted molar refractivity (Wildman–Crippen MR) is 104 cm³/mol. The second-order valence-corrected chi connectivity index (χ2v) is 7.27. The first-order valence-corrected chi connectivity index (χ1v) is 9.31. The van der Waals surface area contributed by atoms with Crippen molar-refractivity contribution in [3.05, 3.63) is 53.1 Å². The molecule has 0 unspecified atom stereocenters. The second kappa shape index (κ2) is 7.19. The van der Waals surface area contributed by atoms with Gasteiger partial charge in [-0.1, -0.05) is 17.7 Å². The third kappa shape index (κ3) is 3.37. The molecule has 1 aliphatic heterocycles. The summed E-state index contributed by atoms with van der Waals surface area (Å²) in [6.07, 6.45) is 4.84. The topological polar surface area (TPSA) is 60.2 Å². The molecular weight excluding hydrogens is 364 g/mol. The number of nitrogens with zero attached hydrogens (tertiary/aromatic N) is 4. The van der Waals surface area contributed by atoms with E-state index in [1.165, 1.54) is 0 Å². The first kappa shape index (κ1) is 17.8. The zero-order valence-corrected chi connectivity index (χ0v) is 16.1. The van der Waals surface area contributed by atoms with E-state index >= 15 is 0 Å². The fraction of sp³-hybridized carbons (Fsp3) is 0.350. The minimum Gasteiger partial charge on any atom is -0.495 e. The molecule has 1 amide bonds. The second-order valence-electron chi connectivity index (χ2n) is 6.86. The molecular formula is C20H21ClN4O2. The minimum absolute atomic E-state index is 0.110. The third-order valence-corrected chi connectivity index (χ3v) is 5.49. The number of amides is 1. The molecule has 3 aromatic rings. The number of aryl methyl sites for hydroxylation is 1. The van der Waals surface area contributed by atoms with Gasteiger partial charge in [-0.3, -0.25) is 9.78 Å². The number of halogens is 1. The molecule has 2 aromatic heterocycles. The van der Waals surface area contributed by atoms with Crippen LogP contribution in [0.3, 0.4) is 0 Å². The maximum atomic E-state index is 12.7. The summed E-state index contributed by atoms with van der Waals surface area (Å²) in [5.74, 6) is 1.98. The lowest BCUT2D eigenvalue weighted by Gasteiger charge is -2.17. The molecule has 140 valence electrons. The van der Waals surface area contributed by atoms with E-state index in [2.05, 4.69) is 9.55 Å². The van der Waals surface area contributed by atoms with Crippen LogP contribution < -0.4 is 4.74 Å². The number of pyridine rings is 1. The van der Waals surface area contributed by atoms with Crippen LogP contribution in [0.25, 0.3) is 11.0 Å². The maximum Gasteiger partial charge on any atom is 0.227 e. The number of imidazole rings is 1. The lowest BCUT2D eigenvalue weighted by molar-refractivity contribution is -0.129. The molecule has 7 heteroatoms. The van der Waals surface area contributed by atoms with Gasteiger partial charge in [-0.25, -0.2) is 4.98 Å². The highest BCUT2D eigenvalue weighted by molar-refractivity contribution is 6.32. The maximum absolute atomic E-state index is 12.7. The smallest absolute Gasteiger partial charge is 0.227 e. The largest absolute Gasteiger partial charge is 0.495 e. The predicted octanol–water partition coefficient (Wildman–Crippen LogP) is 3.19. The van der Waals surface area contributed by atoms with Crippen LogP contribution in [-0.2, 0) is 18.3 Å². The normalized spacial score (nSPS) is 16.9. The van der Waals surface area contributed by atoms with Crippen molar-refractivity contribution < 1.29 is 9.53 Å². The van der Waals surface area contributed by atoms with Gasteiger partial charge in [-0.15, -0.1) is 0 Å². The highest BCUT2D eigenvalue weighted by atomic mass is 35.5. The number of benzene rings is 1. The Morgan fingerprint density at radius 1 is 1.37 bits per heavy atom. The monoisotopic (exact) mass is 384 g/mol. The van der Waals surface area contributed by atoms with Crippen LogP contribution in [0.2, 0.25) is 5.02 Å². The SMILES string of the molecule is COc1ccc(CC(=O)N2CC[C@@H](c3nc4ccncc4n3C)C2)cc1Cl. The molecule has 0 saturated carbocycles. The Labute approximate surface area is 162 Å². The zero-order chi connectivity index (χ0) is 19.0. The van der Waals surface area contributed by atoms with Crippen LogP contribution >= 0.6 is 11.6 Å². The molecule has 0 aliphatic carbocycles. The Balaban J connectivity index is 1.46. The van der Waals surface area contributed by atoms with Gasteiger partial charge in [0, 0.05) is 32.3 Å². The fourth-order valence-electron chi connectivity index (χ4n) is 3.72. The van der Waals surface area contributed by atoms with Crippen LogP contribution in [0.15, 0.2) is 36.7 Å². The Bertz CT molecular complexity index is 1000. The van der Waals surface area contributed by atoms with Gasteiger partial charge < -0.3 is 14.2 Å². The molecule has 0 radical (unpaired) electrons.